The SMILES string of the molecule is O=[N+]([O-])c1nccn1CC(O)CN1CCN(CC(F)(F)F)CC1. The van der Waals surface area contributed by atoms with Crippen LogP contribution in [0.5, 0.6) is 0 Å². The van der Waals surface area contributed by atoms with Crippen LogP contribution in [0.25, 0.3) is 0 Å². The molecule has 8 nitrogen and oxygen atoms in total. The van der Waals surface area contributed by atoms with Gasteiger partial charge in [0, 0.05) is 32.7 Å². The molecule has 0 radical (unpaired) electrons. The minimum Gasteiger partial charge on any atom is -0.390 e. The van der Waals surface area contributed by atoms with Crippen molar-refractivity contribution in [1.29, 1.82) is 0 Å². The number of hydrogen-bond donors (Lipinski definition) is 1. The molecule has 0 bridgehead atoms. The monoisotopic (exact) mass is 337 g/mol. The fourth-order valence-electron chi connectivity index (χ4n) is 2.58. The summed E-state index contributed by atoms with van der Waals surface area (Å²) in [6.07, 6.45) is -2.39. The lowest BCUT2D eigenvalue weighted by Crippen LogP contribution is -2.51. The van der Waals surface area contributed by atoms with Gasteiger partial charge < -0.3 is 15.2 Å². The minimum atomic E-state index is -4.21. The molecule has 0 aromatic carbocycles. The highest BCUT2D eigenvalue weighted by Gasteiger charge is 2.32. The molecule has 130 valence electrons. The van der Waals surface area contributed by atoms with E-state index in [1.54, 1.807) is 0 Å². The molecule has 1 saturated heterocycles. The normalized spacial score (nSPS) is 19.0. The van der Waals surface area contributed by atoms with E-state index < -0.39 is 23.7 Å². The zero-order valence-corrected chi connectivity index (χ0v) is 12.3. The number of aliphatic hydroxyl groups is 1. The second kappa shape index (κ2) is 7.23. The minimum absolute atomic E-state index is 0.0130. The van der Waals surface area contributed by atoms with Crippen molar-refractivity contribution in [2.45, 2.75) is 18.8 Å². The Morgan fingerprint density at radius 2 is 1.87 bits per heavy atom. The summed E-state index contributed by atoms with van der Waals surface area (Å²) in [5.74, 6) is -0.348. The molecular weight excluding hydrogens is 319 g/mol. The van der Waals surface area contributed by atoms with E-state index in [0.29, 0.717) is 13.1 Å². The molecule has 1 aliphatic rings. The van der Waals surface area contributed by atoms with Crippen molar-refractivity contribution in [1.82, 2.24) is 19.4 Å². The summed E-state index contributed by atoms with van der Waals surface area (Å²) in [5.41, 5.74) is 0. The molecule has 2 heterocycles. The number of rotatable bonds is 6. The zero-order chi connectivity index (χ0) is 17.0. The van der Waals surface area contributed by atoms with E-state index in [9.17, 15) is 28.4 Å². The van der Waals surface area contributed by atoms with Gasteiger partial charge in [-0.15, -0.1) is 0 Å². The molecule has 0 saturated carbocycles. The number of nitro groups is 1. The van der Waals surface area contributed by atoms with Gasteiger partial charge in [-0.3, -0.25) is 9.80 Å². The van der Waals surface area contributed by atoms with Gasteiger partial charge in [0.05, 0.1) is 19.2 Å². The van der Waals surface area contributed by atoms with Gasteiger partial charge in [0.25, 0.3) is 0 Å². The van der Waals surface area contributed by atoms with Crippen LogP contribution in [0.2, 0.25) is 0 Å². The maximum absolute atomic E-state index is 12.3. The van der Waals surface area contributed by atoms with Crippen molar-refractivity contribution in [3.8, 4) is 0 Å². The maximum atomic E-state index is 12.3. The molecule has 0 amide bonds. The lowest BCUT2D eigenvalue weighted by atomic mass is 10.2. The maximum Gasteiger partial charge on any atom is 0.434 e. The third kappa shape index (κ3) is 5.44. The first-order chi connectivity index (χ1) is 10.7. The van der Waals surface area contributed by atoms with Crippen LogP contribution in [-0.2, 0) is 6.54 Å². The molecule has 1 aliphatic heterocycles. The van der Waals surface area contributed by atoms with E-state index in [-0.39, 0.29) is 32.1 Å². The predicted molar refractivity (Wildman–Crippen MR) is 73.8 cm³/mol. The molecule has 1 atom stereocenters. The van der Waals surface area contributed by atoms with E-state index in [1.807, 2.05) is 4.90 Å². The summed E-state index contributed by atoms with van der Waals surface area (Å²) in [6, 6.07) is 0. The summed E-state index contributed by atoms with van der Waals surface area (Å²) in [5, 5.41) is 20.8. The molecule has 1 fully saturated rings. The third-order valence-electron chi connectivity index (χ3n) is 3.60. The number of alkyl halides is 3. The first-order valence-electron chi connectivity index (χ1n) is 7.09. The molecule has 0 aliphatic carbocycles. The van der Waals surface area contributed by atoms with Crippen molar-refractivity contribution in [3.63, 3.8) is 0 Å². The Balaban J connectivity index is 1.77. The van der Waals surface area contributed by atoms with Gasteiger partial charge in [-0.2, -0.15) is 13.2 Å². The highest BCUT2D eigenvalue weighted by Crippen LogP contribution is 2.17. The van der Waals surface area contributed by atoms with E-state index in [1.165, 1.54) is 21.9 Å². The predicted octanol–water partition coefficient (Wildman–Crippen LogP) is 0.332. The zero-order valence-electron chi connectivity index (χ0n) is 12.3. The van der Waals surface area contributed by atoms with Crippen molar-refractivity contribution in [3.05, 3.63) is 22.5 Å². The Hall–Kier alpha value is -1.72. The van der Waals surface area contributed by atoms with Gasteiger partial charge >= 0.3 is 12.1 Å². The van der Waals surface area contributed by atoms with Crippen LogP contribution in [0.15, 0.2) is 12.4 Å². The number of piperazine rings is 1. The summed E-state index contributed by atoms with van der Waals surface area (Å²) in [6.45, 7) is 0.714. The Morgan fingerprint density at radius 1 is 1.26 bits per heavy atom. The van der Waals surface area contributed by atoms with Crippen LogP contribution in [0, 0.1) is 10.1 Å². The standard InChI is InChI=1S/C12H18F3N5O3/c13-12(14,15)9-18-5-3-17(4-6-18)7-10(21)8-19-2-1-16-11(19)20(22)23/h1-2,10,21H,3-9H2. The number of hydrogen-bond acceptors (Lipinski definition) is 6. The van der Waals surface area contributed by atoms with Gasteiger partial charge in [0.15, 0.2) is 0 Å². The smallest absolute Gasteiger partial charge is 0.390 e. The number of nitrogens with zero attached hydrogens (tertiary/aromatic N) is 5. The summed E-state index contributed by atoms with van der Waals surface area (Å²) < 4.78 is 38.2. The highest BCUT2D eigenvalue weighted by atomic mass is 19.4. The summed E-state index contributed by atoms with van der Waals surface area (Å²) >= 11 is 0. The average Bonchev–Trinajstić information content (AvgIpc) is 2.87. The lowest BCUT2D eigenvalue weighted by Gasteiger charge is -2.35. The van der Waals surface area contributed by atoms with Crippen molar-refractivity contribution in [2.24, 2.45) is 0 Å². The quantitative estimate of drug-likeness (QED) is 0.595. The van der Waals surface area contributed by atoms with Gasteiger partial charge in [-0.05, 0) is 4.92 Å². The van der Waals surface area contributed by atoms with Crippen LogP contribution >= 0.6 is 0 Å². The fraction of sp³-hybridized carbons (Fsp3) is 0.750. The lowest BCUT2D eigenvalue weighted by molar-refractivity contribution is -0.397. The van der Waals surface area contributed by atoms with Crippen molar-refractivity contribution < 1.29 is 23.2 Å². The van der Waals surface area contributed by atoms with Crippen LogP contribution in [-0.4, -0.2) is 80.9 Å². The second-order valence-electron chi connectivity index (χ2n) is 5.48. The first-order valence-corrected chi connectivity index (χ1v) is 7.09. The van der Waals surface area contributed by atoms with Crippen LogP contribution in [0.4, 0.5) is 19.1 Å². The highest BCUT2D eigenvalue weighted by molar-refractivity contribution is 5.06. The van der Waals surface area contributed by atoms with E-state index >= 15 is 0 Å². The number of halogens is 3. The Bertz CT molecular complexity index is 528. The summed E-state index contributed by atoms with van der Waals surface area (Å²) in [4.78, 5) is 16.9. The van der Waals surface area contributed by atoms with Crippen LogP contribution in [0.3, 0.4) is 0 Å². The van der Waals surface area contributed by atoms with Crippen LogP contribution in [0.1, 0.15) is 0 Å². The number of imidazole rings is 1. The van der Waals surface area contributed by atoms with E-state index in [2.05, 4.69) is 4.98 Å². The molecule has 1 aromatic heterocycles. The van der Waals surface area contributed by atoms with Crippen molar-refractivity contribution >= 4 is 5.95 Å². The largest absolute Gasteiger partial charge is 0.434 e. The third-order valence-corrected chi connectivity index (χ3v) is 3.60. The Kier molecular flexibility index (Phi) is 5.55. The topological polar surface area (TPSA) is 87.7 Å². The van der Waals surface area contributed by atoms with Gasteiger partial charge in [0.1, 0.15) is 12.4 Å². The number of β-amino-alcohol motifs (C(OH)–C–C–N with tert-alkyl or cyclic N) is 1. The molecule has 2 rings (SSSR count). The Labute approximate surface area is 130 Å². The van der Waals surface area contributed by atoms with Crippen molar-refractivity contribution in [2.75, 3.05) is 39.3 Å². The van der Waals surface area contributed by atoms with Crippen LogP contribution < -0.4 is 0 Å². The average molecular weight is 337 g/mol. The van der Waals surface area contributed by atoms with Gasteiger partial charge in [-0.1, -0.05) is 4.98 Å². The first kappa shape index (κ1) is 17.6. The molecule has 1 unspecified atom stereocenters. The molecule has 23 heavy (non-hydrogen) atoms. The summed E-state index contributed by atoms with van der Waals surface area (Å²) in [7, 11) is 0. The molecule has 0 spiro atoms. The molecule has 1 aromatic rings. The van der Waals surface area contributed by atoms with Gasteiger partial charge in [-0.25, -0.2) is 4.57 Å². The second-order valence-corrected chi connectivity index (χ2v) is 5.48. The molecular formula is C12H18F3N5O3. The van der Waals surface area contributed by atoms with E-state index in [4.69, 9.17) is 0 Å². The molecule has 11 heteroatoms. The number of aromatic nitrogens is 2. The molecule has 1 N–H and O–H groups in total. The fourth-order valence-corrected chi connectivity index (χ4v) is 2.58. The van der Waals surface area contributed by atoms with Gasteiger partial charge in [0.2, 0.25) is 0 Å². The Morgan fingerprint density at radius 3 is 2.43 bits per heavy atom. The number of aliphatic hydroxyl groups excluding tert-OH is 1. The van der Waals surface area contributed by atoms with E-state index in [0.717, 1.165) is 0 Å².